The second-order valence-corrected chi connectivity index (χ2v) is 9.83. The minimum atomic E-state index is -0.956. The maximum absolute atomic E-state index is 9.27. The van der Waals surface area contributed by atoms with Gasteiger partial charge in [0.05, 0.1) is 11.0 Å². The normalized spacial score (nSPS) is 21.8. The van der Waals surface area contributed by atoms with Crippen LogP contribution in [0.1, 0.15) is 22.1 Å². The van der Waals surface area contributed by atoms with Gasteiger partial charge >= 0.3 is 0 Å². The van der Waals surface area contributed by atoms with Crippen LogP contribution in [-0.4, -0.2) is 0 Å². The molecule has 0 radical (unpaired) electrons. The van der Waals surface area contributed by atoms with Gasteiger partial charge in [0, 0.05) is 22.6 Å². The number of benzene rings is 5. The van der Waals surface area contributed by atoms with E-state index in [4.69, 9.17) is 9.90 Å². The van der Waals surface area contributed by atoms with E-state index in [0.29, 0.717) is 33.4 Å². The van der Waals surface area contributed by atoms with Gasteiger partial charge in [0.15, 0.2) is 0 Å². The summed E-state index contributed by atoms with van der Waals surface area (Å²) >= 11 is 0. The standard InChI is InChI=1S/C38H26O/c1-2-11-25(12-3-1)26-13-10-14-27(23-26)37-30-16-4-6-18-32(30)38(33-19-7-5-17-31(33)37)28-21-22-36-34(24-28)29-15-8-9-20-35(29)39-36/h1-24,30,32H/i4D,5D,6D,7D,16D,17D,18D,19D. The number of rotatable bonds is 3. The predicted molar refractivity (Wildman–Crippen MR) is 162 cm³/mol. The molecule has 0 N–H and O–H groups in total. The summed E-state index contributed by atoms with van der Waals surface area (Å²) < 4.78 is 77.9. The van der Waals surface area contributed by atoms with Crippen LogP contribution in [0.5, 0.6) is 0 Å². The van der Waals surface area contributed by atoms with Gasteiger partial charge in [-0.25, -0.2) is 0 Å². The van der Waals surface area contributed by atoms with Crippen LogP contribution in [0.2, 0.25) is 0 Å². The van der Waals surface area contributed by atoms with Gasteiger partial charge in [-0.15, -0.1) is 0 Å². The number of para-hydroxylation sites is 1. The molecule has 2 unspecified atom stereocenters. The molecular weight excluding hydrogens is 472 g/mol. The van der Waals surface area contributed by atoms with Crippen molar-refractivity contribution in [1.29, 1.82) is 0 Å². The molecule has 1 nitrogen and oxygen atoms in total. The molecule has 1 heteroatoms. The van der Waals surface area contributed by atoms with Gasteiger partial charge in [-0.2, -0.15) is 0 Å². The van der Waals surface area contributed by atoms with Crippen LogP contribution in [0.3, 0.4) is 0 Å². The highest BCUT2D eigenvalue weighted by Crippen LogP contribution is 2.42. The first-order chi connectivity index (χ1) is 22.7. The Morgan fingerprint density at radius 1 is 0.513 bits per heavy atom. The zero-order valence-corrected chi connectivity index (χ0v) is 20.8. The van der Waals surface area contributed by atoms with Gasteiger partial charge < -0.3 is 4.42 Å². The molecule has 1 aromatic heterocycles. The number of hydrogen-bond donors (Lipinski definition) is 0. The SMILES string of the molecule is [2H]C1=C([2H])C2C(c3cccc(-c4ccccc4)c3)=c3c([2H])c([2H])c([2H])c([2H])c3=C(c3ccc4oc5ccccc5c4c3)C2C([2H])=C1[2H]. The Labute approximate surface area is 238 Å². The second-order valence-electron chi connectivity index (χ2n) is 9.83. The Bertz CT molecular complexity index is 2510. The van der Waals surface area contributed by atoms with Crippen LogP contribution < -0.4 is 10.4 Å². The first-order valence-electron chi connectivity index (χ1n) is 16.9. The zero-order chi connectivity index (χ0) is 32.7. The van der Waals surface area contributed by atoms with Crippen molar-refractivity contribution in [2.75, 3.05) is 0 Å². The predicted octanol–water partition coefficient (Wildman–Crippen LogP) is 8.02. The highest BCUT2D eigenvalue weighted by Gasteiger charge is 2.32. The summed E-state index contributed by atoms with van der Waals surface area (Å²) in [4.78, 5) is 0. The smallest absolute Gasteiger partial charge is 0.135 e. The minimum absolute atomic E-state index is 0.165. The van der Waals surface area contributed by atoms with Crippen LogP contribution >= 0.6 is 0 Å². The van der Waals surface area contributed by atoms with Crippen LogP contribution in [0.15, 0.2) is 150 Å². The molecule has 2 aliphatic carbocycles. The molecule has 2 atom stereocenters. The zero-order valence-electron chi connectivity index (χ0n) is 28.8. The molecule has 6 aromatic rings. The molecule has 0 aliphatic heterocycles. The molecule has 0 amide bonds. The van der Waals surface area contributed by atoms with Crippen molar-refractivity contribution in [3.8, 4) is 11.1 Å². The molecule has 0 spiro atoms. The Morgan fingerprint density at radius 3 is 1.90 bits per heavy atom. The largest absolute Gasteiger partial charge is 0.456 e. The van der Waals surface area contributed by atoms with Crippen LogP contribution in [0.4, 0.5) is 0 Å². The lowest BCUT2D eigenvalue weighted by Gasteiger charge is -2.33. The fourth-order valence-corrected chi connectivity index (χ4v) is 5.94. The third-order valence-electron chi connectivity index (χ3n) is 7.67. The van der Waals surface area contributed by atoms with Crippen LogP contribution in [-0.2, 0) is 0 Å². The first-order valence-corrected chi connectivity index (χ1v) is 12.9. The average Bonchev–Trinajstić information content (AvgIpc) is 3.48. The summed E-state index contributed by atoms with van der Waals surface area (Å²) in [6.45, 7) is 0. The van der Waals surface area contributed by atoms with Gasteiger partial charge in [-0.3, -0.25) is 0 Å². The summed E-state index contributed by atoms with van der Waals surface area (Å²) in [6, 6.07) is 28.1. The minimum Gasteiger partial charge on any atom is -0.456 e. The third kappa shape index (κ3) is 3.55. The van der Waals surface area contributed by atoms with Crippen molar-refractivity contribution in [1.82, 2.24) is 0 Å². The van der Waals surface area contributed by atoms with E-state index < -0.39 is 23.9 Å². The van der Waals surface area contributed by atoms with Gasteiger partial charge in [0.25, 0.3) is 0 Å². The quantitative estimate of drug-likeness (QED) is 0.237. The number of furan rings is 1. The van der Waals surface area contributed by atoms with Crippen molar-refractivity contribution >= 4 is 33.1 Å². The molecule has 8 rings (SSSR count). The summed E-state index contributed by atoms with van der Waals surface area (Å²) in [7, 11) is 0. The van der Waals surface area contributed by atoms with E-state index in [9.17, 15) is 5.48 Å². The number of fused-ring (bicyclic) bond motifs is 5. The number of allylic oxidation sites excluding steroid dienone is 4. The number of hydrogen-bond acceptors (Lipinski definition) is 1. The van der Waals surface area contributed by atoms with Crippen molar-refractivity contribution in [2.24, 2.45) is 11.8 Å². The fraction of sp³-hybridized carbons (Fsp3) is 0.0526. The van der Waals surface area contributed by atoms with E-state index in [-0.39, 0.29) is 46.7 Å². The Morgan fingerprint density at radius 2 is 1.13 bits per heavy atom. The van der Waals surface area contributed by atoms with Gasteiger partial charge in [-0.05, 0) is 68.1 Å². The van der Waals surface area contributed by atoms with Crippen LogP contribution in [0, 0.1) is 11.8 Å². The van der Waals surface area contributed by atoms with E-state index in [0.717, 1.165) is 21.9 Å². The maximum Gasteiger partial charge on any atom is 0.135 e. The molecule has 2 aliphatic rings. The summed E-state index contributed by atoms with van der Waals surface area (Å²) in [6.07, 6.45) is 0. The Kier molecular flexibility index (Phi) is 3.52. The molecule has 39 heavy (non-hydrogen) atoms. The van der Waals surface area contributed by atoms with Crippen molar-refractivity contribution in [3.63, 3.8) is 0 Å². The third-order valence-corrected chi connectivity index (χ3v) is 7.67. The monoisotopic (exact) mass is 506 g/mol. The highest BCUT2D eigenvalue weighted by molar-refractivity contribution is 6.06. The molecular formula is C38H26O. The van der Waals surface area contributed by atoms with E-state index in [1.807, 2.05) is 97.1 Å². The van der Waals surface area contributed by atoms with Gasteiger partial charge in [-0.1, -0.05) is 121 Å². The fourth-order valence-electron chi connectivity index (χ4n) is 5.94. The van der Waals surface area contributed by atoms with E-state index in [1.54, 1.807) is 0 Å². The molecule has 0 saturated carbocycles. The summed E-state index contributed by atoms with van der Waals surface area (Å²) in [5.74, 6) is -1.91. The maximum atomic E-state index is 9.27. The molecule has 5 aromatic carbocycles. The summed E-state index contributed by atoms with van der Waals surface area (Å²) in [5, 5.41) is 2.16. The van der Waals surface area contributed by atoms with E-state index >= 15 is 0 Å². The van der Waals surface area contributed by atoms with E-state index in [2.05, 4.69) is 0 Å². The van der Waals surface area contributed by atoms with Crippen molar-refractivity contribution in [3.05, 3.63) is 167 Å². The Hall–Kier alpha value is -4.88. The molecule has 0 saturated heterocycles. The molecule has 184 valence electrons. The van der Waals surface area contributed by atoms with Gasteiger partial charge in [0.1, 0.15) is 11.2 Å². The lowest BCUT2D eigenvalue weighted by Crippen LogP contribution is -2.40. The average molecular weight is 507 g/mol. The van der Waals surface area contributed by atoms with Crippen LogP contribution in [0.25, 0.3) is 44.2 Å². The molecule has 1 heterocycles. The Balaban J connectivity index is 1.57. The highest BCUT2D eigenvalue weighted by atomic mass is 16.3. The van der Waals surface area contributed by atoms with Crippen molar-refractivity contribution < 1.29 is 15.4 Å². The lowest BCUT2D eigenvalue weighted by molar-refractivity contribution is 0.668. The topological polar surface area (TPSA) is 13.1 Å². The van der Waals surface area contributed by atoms with Crippen molar-refractivity contribution in [2.45, 2.75) is 0 Å². The second kappa shape index (κ2) is 8.85. The van der Waals surface area contributed by atoms with E-state index in [1.165, 1.54) is 0 Å². The molecule has 0 fully saturated rings. The molecule has 0 bridgehead atoms. The van der Waals surface area contributed by atoms with Gasteiger partial charge in [0.2, 0.25) is 0 Å². The first kappa shape index (κ1) is 15.5. The lowest BCUT2D eigenvalue weighted by atomic mass is 9.70. The summed E-state index contributed by atoms with van der Waals surface area (Å²) in [5.41, 5.74) is 5.27.